The predicted molar refractivity (Wildman–Crippen MR) is 107 cm³/mol. The van der Waals surface area contributed by atoms with Gasteiger partial charge in [-0.3, -0.25) is 14.2 Å². The monoisotopic (exact) mass is 390 g/mol. The van der Waals surface area contributed by atoms with Crippen LogP contribution in [0.1, 0.15) is 50.9 Å². The molecule has 2 rings (SSSR count). The summed E-state index contributed by atoms with van der Waals surface area (Å²) >= 11 is 1.27. The fourth-order valence-electron chi connectivity index (χ4n) is 2.42. The number of aromatic nitrogens is 2. The van der Waals surface area contributed by atoms with Gasteiger partial charge in [0.1, 0.15) is 5.78 Å². The number of hydrogen-bond donors (Lipinski definition) is 0. The van der Waals surface area contributed by atoms with Crippen molar-refractivity contribution >= 4 is 34.4 Å². The van der Waals surface area contributed by atoms with Gasteiger partial charge in [-0.15, -0.1) is 0 Å². The van der Waals surface area contributed by atoms with Crippen molar-refractivity contribution in [2.45, 2.75) is 52.2 Å². The molecule has 0 radical (unpaired) electrons. The van der Waals surface area contributed by atoms with E-state index in [4.69, 9.17) is 4.74 Å². The molecule has 0 spiro atoms. The van der Waals surface area contributed by atoms with E-state index in [9.17, 15) is 14.4 Å². The van der Waals surface area contributed by atoms with Crippen LogP contribution in [0.15, 0.2) is 28.2 Å². The standard InChI is InChI=1S/C20H26N2O4S/c1-6-7-10-22-17(24)14-9-8-13(18(25)26-5)11-15(14)21-19(22)27-12-16(23)20(2,3)4/h8-9,11H,6-7,10,12H2,1-5H3. The number of rotatable bonds is 7. The molecular formula is C20H26N2O4S. The quantitative estimate of drug-likeness (QED) is 0.408. The van der Waals surface area contributed by atoms with Crippen LogP contribution >= 0.6 is 11.8 Å². The zero-order valence-electron chi connectivity index (χ0n) is 16.5. The maximum absolute atomic E-state index is 13.0. The minimum atomic E-state index is -0.481. The average molecular weight is 391 g/mol. The largest absolute Gasteiger partial charge is 0.465 e. The third kappa shape index (κ3) is 4.97. The summed E-state index contributed by atoms with van der Waals surface area (Å²) in [6, 6.07) is 4.73. The van der Waals surface area contributed by atoms with E-state index in [1.165, 1.54) is 18.9 Å². The maximum atomic E-state index is 13.0. The smallest absolute Gasteiger partial charge is 0.337 e. The second kappa shape index (κ2) is 8.69. The first-order chi connectivity index (χ1) is 12.7. The second-order valence-corrected chi connectivity index (χ2v) is 8.33. The summed E-state index contributed by atoms with van der Waals surface area (Å²) < 4.78 is 6.37. The number of Topliss-reactive ketones (excluding diaryl/α,β-unsaturated/α-hetero) is 1. The average Bonchev–Trinajstić information content (AvgIpc) is 2.63. The molecule has 0 aliphatic rings. The molecule has 0 unspecified atom stereocenters. The van der Waals surface area contributed by atoms with Gasteiger partial charge in [0, 0.05) is 12.0 Å². The van der Waals surface area contributed by atoms with Crippen molar-refractivity contribution in [2.75, 3.05) is 12.9 Å². The Kier molecular flexibility index (Phi) is 6.81. The van der Waals surface area contributed by atoms with Gasteiger partial charge in [0.05, 0.1) is 29.3 Å². The lowest BCUT2D eigenvalue weighted by molar-refractivity contribution is -0.123. The van der Waals surface area contributed by atoms with Gasteiger partial charge >= 0.3 is 5.97 Å². The van der Waals surface area contributed by atoms with Crippen molar-refractivity contribution in [3.63, 3.8) is 0 Å². The highest BCUT2D eigenvalue weighted by Gasteiger charge is 2.22. The van der Waals surface area contributed by atoms with Crippen LogP contribution in [0.5, 0.6) is 0 Å². The molecule has 6 nitrogen and oxygen atoms in total. The van der Waals surface area contributed by atoms with Gasteiger partial charge in [-0.05, 0) is 24.6 Å². The van der Waals surface area contributed by atoms with Crippen LogP contribution in [0.4, 0.5) is 0 Å². The van der Waals surface area contributed by atoms with Gasteiger partial charge in [0.2, 0.25) is 0 Å². The number of hydrogen-bond acceptors (Lipinski definition) is 6. The molecule has 1 aromatic carbocycles. The number of esters is 1. The first-order valence-electron chi connectivity index (χ1n) is 8.98. The molecule has 27 heavy (non-hydrogen) atoms. The molecule has 0 fully saturated rings. The summed E-state index contributed by atoms with van der Waals surface area (Å²) in [4.78, 5) is 41.6. The topological polar surface area (TPSA) is 78.3 Å². The Balaban J connectivity index is 2.51. The summed E-state index contributed by atoms with van der Waals surface area (Å²) in [6.45, 7) is 8.21. The summed E-state index contributed by atoms with van der Waals surface area (Å²) in [5.74, 6) is -0.150. The Hall–Kier alpha value is -2.15. The van der Waals surface area contributed by atoms with E-state index < -0.39 is 11.4 Å². The van der Waals surface area contributed by atoms with Crippen molar-refractivity contribution in [3.05, 3.63) is 34.1 Å². The summed E-state index contributed by atoms with van der Waals surface area (Å²) in [7, 11) is 1.31. The lowest BCUT2D eigenvalue weighted by atomic mass is 9.92. The molecule has 0 saturated heterocycles. The van der Waals surface area contributed by atoms with Gasteiger partial charge in [-0.25, -0.2) is 9.78 Å². The number of carbonyl (C=O) groups excluding carboxylic acids is 2. The fourth-order valence-corrected chi connectivity index (χ4v) is 3.60. The van der Waals surface area contributed by atoms with Gasteiger partial charge in [0.15, 0.2) is 5.16 Å². The molecule has 0 aliphatic heterocycles. The van der Waals surface area contributed by atoms with Crippen molar-refractivity contribution in [1.29, 1.82) is 0 Å². The van der Waals surface area contributed by atoms with E-state index >= 15 is 0 Å². The molecule has 0 atom stereocenters. The number of carbonyl (C=O) groups is 2. The van der Waals surface area contributed by atoms with Crippen LogP contribution in [0, 0.1) is 5.41 Å². The highest BCUT2D eigenvalue weighted by Crippen LogP contribution is 2.23. The molecule has 1 aromatic heterocycles. The Labute approximate surface area is 163 Å². The van der Waals surface area contributed by atoms with Crippen LogP contribution in [0.2, 0.25) is 0 Å². The fraction of sp³-hybridized carbons (Fsp3) is 0.500. The SMILES string of the molecule is CCCCn1c(SCC(=O)C(C)(C)C)nc2cc(C(=O)OC)ccc2c1=O. The van der Waals surface area contributed by atoms with E-state index in [1.54, 1.807) is 22.8 Å². The molecule has 0 saturated carbocycles. The Bertz CT molecular complexity index is 913. The molecule has 146 valence electrons. The van der Waals surface area contributed by atoms with Gasteiger partial charge in [-0.2, -0.15) is 0 Å². The third-order valence-electron chi connectivity index (χ3n) is 4.25. The van der Waals surface area contributed by atoms with Crippen LogP contribution < -0.4 is 5.56 Å². The lowest BCUT2D eigenvalue weighted by Crippen LogP contribution is -2.26. The van der Waals surface area contributed by atoms with Crippen molar-refractivity contribution in [2.24, 2.45) is 5.41 Å². The first-order valence-corrected chi connectivity index (χ1v) is 9.96. The Morgan fingerprint density at radius 1 is 1.26 bits per heavy atom. The molecule has 0 bridgehead atoms. The number of fused-ring (bicyclic) bond motifs is 1. The first kappa shape index (κ1) is 21.2. The van der Waals surface area contributed by atoms with Crippen LogP contribution in [-0.4, -0.2) is 34.2 Å². The Morgan fingerprint density at radius 2 is 1.96 bits per heavy atom. The molecule has 0 N–H and O–H groups in total. The zero-order chi connectivity index (χ0) is 20.2. The van der Waals surface area contributed by atoms with Crippen LogP contribution in [0.25, 0.3) is 10.9 Å². The minimum absolute atomic E-state index is 0.0900. The number of methoxy groups -OCH3 is 1. The normalized spacial score (nSPS) is 11.6. The molecular weight excluding hydrogens is 364 g/mol. The Morgan fingerprint density at radius 3 is 2.56 bits per heavy atom. The second-order valence-electron chi connectivity index (χ2n) is 7.39. The molecule has 1 heterocycles. The predicted octanol–water partition coefficient (Wildman–Crippen LogP) is 3.69. The highest BCUT2D eigenvalue weighted by atomic mass is 32.2. The molecule has 7 heteroatoms. The number of benzene rings is 1. The number of unbranched alkanes of at least 4 members (excludes halogenated alkanes) is 1. The van der Waals surface area contributed by atoms with E-state index in [-0.39, 0.29) is 17.1 Å². The van der Waals surface area contributed by atoms with Crippen LogP contribution in [-0.2, 0) is 16.1 Å². The van der Waals surface area contributed by atoms with Gasteiger partial charge < -0.3 is 4.74 Å². The minimum Gasteiger partial charge on any atom is -0.465 e. The maximum Gasteiger partial charge on any atom is 0.337 e. The van der Waals surface area contributed by atoms with E-state index in [0.717, 1.165) is 12.8 Å². The van der Waals surface area contributed by atoms with Crippen molar-refractivity contribution < 1.29 is 14.3 Å². The number of nitrogens with zero attached hydrogens (tertiary/aromatic N) is 2. The van der Waals surface area contributed by atoms with Crippen molar-refractivity contribution in [3.8, 4) is 0 Å². The van der Waals surface area contributed by atoms with E-state index in [0.29, 0.717) is 28.2 Å². The summed E-state index contributed by atoms with van der Waals surface area (Å²) in [5.41, 5.74) is 0.165. The number of thioether (sulfide) groups is 1. The zero-order valence-corrected chi connectivity index (χ0v) is 17.3. The van der Waals surface area contributed by atoms with Gasteiger partial charge in [0.25, 0.3) is 5.56 Å². The molecule has 2 aromatic rings. The summed E-state index contributed by atoms with van der Waals surface area (Å²) in [6.07, 6.45) is 1.78. The highest BCUT2D eigenvalue weighted by molar-refractivity contribution is 7.99. The third-order valence-corrected chi connectivity index (χ3v) is 5.22. The van der Waals surface area contributed by atoms with Crippen LogP contribution in [0.3, 0.4) is 0 Å². The van der Waals surface area contributed by atoms with E-state index in [1.807, 2.05) is 20.8 Å². The molecule has 0 aliphatic carbocycles. The number of ether oxygens (including phenoxy) is 1. The van der Waals surface area contributed by atoms with Gasteiger partial charge in [-0.1, -0.05) is 45.9 Å². The number of ketones is 1. The van der Waals surface area contributed by atoms with E-state index in [2.05, 4.69) is 11.9 Å². The summed E-state index contributed by atoms with van der Waals surface area (Å²) in [5, 5.41) is 0.950. The molecule has 0 amide bonds. The van der Waals surface area contributed by atoms with Crippen molar-refractivity contribution in [1.82, 2.24) is 9.55 Å². The lowest BCUT2D eigenvalue weighted by Gasteiger charge is -2.17.